The second-order valence-electron chi connectivity index (χ2n) is 19.3. The Kier molecular flexibility index (Phi) is 45.1. The molecule has 2 atom stereocenters. The van der Waals surface area contributed by atoms with Gasteiger partial charge in [-0.05, 0) is 64.2 Å². The third-order valence-electron chi connectivity index (χ3n) is 11.6. The first-order valence-electron chi connectivity index (χ1n) is 26.7. The summed E-state index contributed by atoms with van der Waals surface area (Å²) in [6.07, 6.45) is 55.0. The number of likely N-dealkylation sites (N-methyl/N-ethyl adjacent to an activating group) is 1. The average molecular weight is 925 g/mol. The Hall–Kier alpha value is -1.77. The molecule has 1 N–H and O–H groups in total. The molecule has 64 heavy (non-hydrogen) atoms. The van der Waals surface area contributed by atoms with Crippen molar-refractivity contribution in [2.24, 2.45) is 0 Å². The third-order valence-corrected chi connectivity index (χ3v) is 12.6. The molecule has 0 spiro atoms. The number of quaternary nitrogens is 1. The molecule has 2 unspecified atom stereocenters. The van der Waals surface area contributed by atoms with Crippen molar-refractivity contribution in [1.82, 2.24) is 0 Å². The fourth-order valence-electron chi connectivity index (χ4n) is 7.46. The molecule has 9 nitrogen and oxygen atoms in total. The van der Waals surface area contributed by atoms with Gasteiger partial charge in [-0.2, -0.15) is 0 Å². The van der Waals surface area contributed by atoms with Gasteiger partial charge in [-0.25, -0.2) is 4.57 Å². The van der Waals surface area contributed by atoms with Gasteiger partial charge in [0.15, 0.2) is 6.10 Å². The normalized spacial score (nSPS) is 13.7. The van der Waals surface area contributed by atoms with E-state index in [0.29, 0.717) is 17.4 Å². The van der Waals surface area contributed by atoms with E-state index in [1.165, 1.54) is 148 Å². The predicted molar refractivity (Wildman–Crippen MR) is 270 cm³/mol. The van der Waals surface area contributed by atoms with E-state index in [4.69, 9.17) is 18.5 Å². The number of unbranched alkanes of at least 4 members (excludes halogenated alkanes) is 29. The van der Waals surface area contributed by atoms with Crippen LogP contribution in [0, 0.1) is 0 Å². The zero-order valence-corrected chi connectivity index (χ0v) is 43.4. The Morgan fingerprint density at radius 3 is 1.31 bits per heavy atom. The number of esters is 2. The minimum absolute atomic E-state index is 0.0295. The number of nitrogens with zero attached hydrogens (tertiary/aromatic N) is 1. The van der Waals surface area contributed by atoms with E-state index in [0.717, 1.165) is 64.2 Å². The highest BCUT2D eigenvalue weighted by molar-refractivity contribution is 7.47. The lowest BCUT2D eigenvalue weighted by molar-refractivity contribution is -0.870. The molecule has 0 fully saturated rings. The second kappa shape index (κ2) is 46.3. The lowest BCUT2D eigenvalue weighted by Gasteiger charge is -2.24. The van der Waals surface area contributed by atoms with Gasteiger partial charge < -0.3 is 18.9 Å². The predicted octanol–water partition coefficient (Wildman–Crippen LogP) is 16.0. The smallest absolute Gasteiger partial charge is 0.462 e. The summed E-state index contributed by atoms with van der Waals surface area (Å²) in [6.45, 7) is 4.37. The summed E-state index contributed by atoms with van der Waals surface area (Å²) < 4.78 is 34.4. The lowest BCUT2D eigenvalue weighted by atomic mass is 10.0. The van der Waals surface area contributed by atoms with Gasteiger partial charge >= 0.3 is 19.8 Å². The Morgan fingerprint density at radius 1 is 0.484 bits per heavy atom. The molecule has 0 aromatic heterocycles. The Bertz CT molecular complexity index is 1180. The molecule has 0 saturated carbocycles. The number of carbonyl (C=O) groups is 2. The molecule has 0 aromatic rings. The van der Waals surface area contributed by atoms with E-state index in [9.17, 15) is 19.0 Å². The molecule has 376 valence electrons. The van der Waals surface area contributed by atoms with Crippen molar-refractivity contribution in [3.8, 4) is 0 Å². The van der Waals surface area contributed by atoms with Gasteiger partial charge in [-0.15, -0.1) is 0 Å². The average Bonchev–Trinajstić information content (AvgIpc) is 3.25. The van der Waals surface area contributed by atoms with Crippen LogP contribution in [0.25, 0.3) is 0 Å². The number of rotatable bonds is 49. The quantitative estimate of drug-likeness (QED) is 0.0211. The third kappa shape index (κ3) is 49.7. The van der Waals surface area contributed by atoms with Gasteiger partial charge in [-0.1, -0.05) is 204 Å². The Balaban J connectivity index is 4.09. The maximum Gasteiger partial charge on any atom is 0.472 e. The van der Waals surface area contributed by atoms with Gasteiger partial charge in [0.25, 0.3) is 0 Å². The van der Waals surface area contributed by atoms with Crippen LogP contribution in [0.5, 0.6) is 0 Å². The molecule has 0 saturated heterocycles. The van der Waals surface area contributed by atoms with E-state index < -0.39 is 26.5 Å². The first-order valence-corrected chi connectivity index (χ1v) is 28.2. The van der Waals surface area contributed by atoms with E-state index in [1.807, 2.05) is 21.1 Å². The second-order valence-corrected chi connectivity index (χ2v) is 20.7. The highest BCUT2D eigenvalue weighted by atomic mass is 31.2. The first kappa shape index (κ1) is 62.2. The standard InChI is InChI=1S/C54H102NO8P/c1-6-8-10-12-14-16-18-20-21-22-23-24-25-26-27-28-29-30-31-32-33-35-36-38-40-42-44-46-53(56)60-50-52(51-62-64(58,59)61-49-48-55(3,4)5)63-54(57)47-45-43-41-39-37-34-19-17-15-13-11-9-7-2/h11,13,17,19,22-23,52H,6-10,12,14-16,18,20-21,24-51H2,1-5H3/p+1/b13-11-,19-17-,23-22-. The molecule has 0 radical (unpaired) electrons. The highest BCUT2D eigenvalue weighted by Gasteiger charge is 2.27. The summed E-state index contributed by atoms with van der Waals surface area (Å²) in [4.78, 5) is 35.5. The van der Waals surface area contributed by atoms with Gasteiger partial charge in [-0.3, -0.25) is 18.6 Å². The molecule has 0 amide bonds. The van der Waals surface area contributed by atoms with Crippen molar-refractivity contribution in [1.29, 1.82) is 0 Å². The van der Waals surface area contributed by atoms with Crippen LogP contribution in [0.15, 0.2) is 36.5 Å². The number of ether oxygens (including phenoxy) is 2. The van der Waals surface area contributed by atoms with Crippen LogP contribution < -0.4 is 0 Å². The van der Waals surface area contributed by atoms with Gasteiger partial charge in [0, 0.05) is 12.8 Å². The molecule has 10 heteroatoms. The zero-order valence-electron chi connectivity index (χ0n) is 42.5. The minimum atomic E-state index is -4.38. The maximum absolute atomic E-state index is 12.7. The van der Waals surface area contributed by atoms with E-state index in [-0.39, 0.29) is 32.0 Å². The van der Waals surface area contributed by atoms with Crippen LogP contribution in [0.2, 0.25) is 0 Å². The molecule has 0 aliphatic heterocycles. The summed E-state index contributed by atoms with van der Waals surface area (Å²) in [5.74, 6) is -0.807. The van der Waals surface area contributed by atoms with Gasteiger partial charge in [0.05, 0.1) is 27.7 Å². The Morgan fingerprint density at radius 2 is 0.875 bits per heavy atom. The molecule has 0 bridgehead atoms. The van der Waals surface area contributed by atoms with Crippen LogP contribution in [-0.4, -0.2) is 74.9 Å². The molecule has 0 rings (SSSR count). The summed E-state index contributed by atoms with van der Waals surface area (Å²) in [5.41, 5.74) is 0. The molecule has 0 aliphatic carbocycles. The largest absolute Gasteiger partial charge is 0.472 e. The summed E-state index contributed by atoms with van der Waals surface area (Å²) in [6, 6.07) is 0. The molecular formula is C54H103NO8P+. The van der Waals surface area contributed by atoms with Crippen molar-refractivity contribution in [3.05, 3.63) is 36.5 Å². The SMILES string of the molecule is CCC/C=C\C/C=C\CCCCCCCC(=O)OC(COC(=O)CCCCCCCCCCCCCCCCC/C=C\CCCCCCCCCC)COP(=O)(O)OCC[N+](C)(C)C. The van der Waals surface area contributed by atoms with Crippen LogP contribution in [0.1, 0.15) is 245 Å². The first-order chi connectivity index (χ1) is 31.0. The summed E-state index contributed by atoms with van der Waals surface area (Å²) >= 11 is 0. The number of carbonyl (C=O) groups excluding carboxylic acids is 2. The molecule has 0 aromatic carbocycles. The van der Waals surface area contributed by atoms with E-state index in [1.54, 1.807) is 0 Å². The van der Waals surface area contributed by atoms with Gasteiger partial charge in [0.1, 0.15) is 19.8 Å². The maximum atomic E-state index is 12.7. The monoisotopic (exact) mass is 925 g/mol. The molecule has 0 aliphatic rings. The van der Waals surface area contributed by atoms with E-state index >= 15 is 0 Å². The number of hydrogen-bond donors (Lipinski definition) is 1. The number of phosphoric acid groups is 1. The van der Waals surface area contributed by atoms with Crippen molar-refractivity contribution in [2.45, 2.75) is 251 Å². The van der Waals surface area contributed by atoms with Crippen LogP contribution in [-0.2, 0) is 32.7 Å². The molecule has 0 heterocycles. The number of phosphoric ester groups is 1. The lowest BCUT2D eigenvalue weighted by Crippen LogP contribution is -2.37. The van der Waals surface area contributed by atoms with Gasteiger partial charge in [0.2, 0.25) is 0 Å². The van der Waals surface area contributed by atoms with Crippen LogP contribution in [0.4, 0.5) is 0 Å². The highest BCUT2D eigenvalue weighted by Crippen LogP contribution is 2.43. The topological polar surface area (TPSA) is 108 Å². The van der Waals surface area contributed by atoms with Crippen molar-refractivity contribution < 1.29 is 42.1 Å². The van der Waals surface area contributed by atoms with Crippen LogP contribution >= 0.6 is 7.82 Å². The van der Waals surface area contributed by atoms with Crippen LogP contribution in [0.3, 0.4) is 0 Å². The summed E-state index contributed by atoms with van der Waals surface area (Å²) in [5, 5.41) is 0. The molecular weight excluding hydrogens is 822 g/mol. The summed E-state index contributed by atoms with van der Waals surface area (Å²) in [7, 11) is 1.47. The fraction of sp³-hybridized carbons (Fsp3) is 0.852. The minimum Gasteiger partial charge on any atom is -0.462 e. The Labute approximate surface area is 395 Å². The van der Waals surface area contributed by atoms with Crippen molar-refractivity contribution in [2.75, 3.05) is 47.5 Å². The van der Waals surface area contributed by atoms with Crippen molar-refractivity contribution >= 4 is 19.8 Å². The number of allylic oxidation sites excluding steroid dienone is 6. The van der Waals surface area contributed by atoms with E-state index in [2.05, 4.69) is 50.3 Å². The zero-order chi connectivity index (χ0) is 47.1. The number of hydrogen-bond acceptors (Lipinski definition) is 7. The van der Waals surface area contributed by atoms with Crippen molar-refractivity contribution in [3.63, 3.8) is 0 Å². The fourth-order valence-corrected chi connectivity index (χ4v) is 8.20.